The number of hydrogen-bond donors (Lipinski definition) is 0. The van der Waals surface area contributed by atoms with Gasteiger partial charge in [-0.2, -0.15) is 8.78 Å². The van der Waals surface area contributed by atoms with Crippen LogP contribution in [0.15, 0.2) is 0 Å². The maximum Gasteiger partial charge on any atom is 0.313 e. The Hall–Kier alpha value is -1.98. The molecule has 0 spiro atoms. The Morgan fingerprint density at radius 2 is 0.800 bits per heavy atom. The Balaban J connectivity index is 1.85. The SMILES string of the molecule is CN(C)CCOCCOCCOCCOCCOCCOCCOCCC(=O)Oc1c(F)c(F)c(F)c(F)c1F. The molecule has 10 nitrogen and oxygen atoms in total. The summed E-state index contributed by atoms with van der Waals surface area (Å²) in [6, 6.07) is 0. The summed E-state index contributed by atoms with van der Waals surface area (Å²) in [6.45, 7) is 5.91. The molecule has 0 saturated carbocycles. The molecular weight excluding hydrogens is 553 g/mol. The third-order valence-corrected chi connectivity index (χ3v) is 4.75. The summed E-state index contributed by atoms with van der Waals surface area (Å²) in [7, 11) is 3.97. The number of hydrogen-bond acceptors (Lipinski definition) is 10. The van der Waals surface area contributed by atoms with Gasteiger partial charge in [0.1, 0.15) is 0 Å². The van der Waals surface area contributed by atoms with Crippen molar-refractivity contribution in [1.29, 1.82) is 0 Å². The second-order valence-corrected chi connectivity index (χ2v) is 8.21. The fourth-order valence-corrected chi connectivity index (χ4v) is 2.66. The minimum Gasteiger partial charge on any atom is -0.420 e. The highest BCUT2D eigenvalue weighted by Crippen LogP contribution is 2.29. The molecule has 0 N–H and O–H groups in total. The van der Waals surface area contributed by atoms with Crippen LogP contribution >= 0.6 is 0 Å². The molecule has 0 bridgehead atoms. The summed E-state index contributed by atoms with van der Waals surface area (Å²) in [6.07, 6.45) is -0.478. The van der Waals surface area contributed by atoms with E-state index < -0.39 is 47.2 Å². The first-order valence-corrected chi connectivity index (χ1v) is 12.7. The number of nitrogens with zero attached hydrogens (tertiary/aromatic N) is 1. The Morgan fingerprint density at radius 3 is 1.15 bits per heavy atom. The topological polar surface area (TPSA) is 94.2 Å². The number of benzene rings is 1. The molecule has 0 radical (unpaired) electrons. The van der Waals surface area contributed by atoms with Gasteiger partial charge in [-0.15, -0.1) is 0 Å². The second-order valence-electron chi connectivity index (χ2n) is 8.21. The molecule has 1 aromatic carbocycles. The third kappa shape index (κ3) is 16.3. The number of rotatable bonds is 25. The minimum absolute atomic E-state index is 0.0918. The molecule has 15 heteroatoms. The largest absolute Gasteiger partial charge is 0.420 e. The third-order valence-electron chi connectivity index (χ3n) is 4.75. The van der Waals surface area contributed by atoms with Crippen LogP contribution in [0.5, 0.6) is 5.75 Å². The normalized spacial score (nSPS) is 11.5. The maximum atomic E-state index is 13.5. The molecule has 0 aliphatic carbocycles. The summed E-state index contributed by atoms with van der Waals surface area (Å²) in [5.41, 5.74) is 0. The van der Waals surface area contributed by atoms with Crippen molar-refractivity contribution < 1.29 is 64.6 Å². The minimum atomic E-state index is -2.34. The fraction of sp³-hybridized carbons (Fsp3) is 0.720. The van der Waals surface area contributed by atoms with Gasteiger partial charge in [0, 0.05) is 6.54 Å². The van der Waals surface area contributed by atoms with Crippen molar-refractivity contribution in [2.45, 2.75) is 6.42 Å². The van der Waals surface area contributed by atoms with Gasteiger partial charge in [-0.05, 0) is 14.1 Å². The quantitative estimate of drug-likeness (QED) is 0.0421. The number of ether oxygens (including phenoxy) is 8. The van der Waals surface area contributed by atoms with Crippen molar-refractivity contribution in [2.75, 3.05) is 113 Å². The summed E-state index contributed by atoms with van der Waals surface area (Å²) in [5, 5.41) is 0. The van der Waals surface area contributed by atoms with E-state index in [-0.39, 0.29) is 26.4 Å². The number of carbonyl (C=O) groups excluding carboxylic acids is 1. The van der Waals surface area contributed by atoms with E-state index in [0.717, 1.165) is 6.54 Å². The first-order chi connectivity index (χ1) is 19.3. The van der Waals surface area contributed by atoms with E-state index >= 15 is 0 Å². The van der Waals surface area contributed by atoms with E-state index in [0.29, 0.717) is 66.1 Å². The smallest absolute Gasteiger partial charge is 0.313 e. The lowest BCUT2D eigenvalue weighted by molar-refractivity contribution is -0.136. The Morgan fingerprint density at radius 1 is 0.500 bits per heavy atom. The monoisotopic (exact) mass is 591 g/mol. The van der Waals surface area contributed by atoms with Gasteiger partial charge < -0.3 is 42.8 Å². The standard InChI is InChI=1S/C25H38F5NO9/c1-31(2)4-6-34-8-10-36-12-14-38-16-18-39-17-15-37-13-11-35-9-7-33-5-3-19(32)40-25-23(29)21(27)20(26)22(28)24(25)30/h3-18H2,1-2H3. The molecular formula is C25H38F5NO9. The van der Waals surface area contributed by atoms with Gasteiger partial charge in [0.2, 0.25) is 34.8 Å². The van der Waals surface area contributed by atoms with E-state index in [4.69, 9.17) is 33.2 Å². The lowest BCUT2D eigenvalue weighted by Gasteiger charge is -2.10. The molecule has 0 heterocycles. The molecule has 0 aromatic heterocycles. The average molecular weight is 592 g/mol. The summed E-state index contributed by atoms with van der Waals surface area (Å²) >= 11 is 0. The fourth-order valence-electron chi connectivity index (χ4n) is 2.66. The maximum absolute atomic E-state index is 13.5. The van der Waals surface area contributed by atoms with Crippen LogP contribution in [0.25, 0.3) is 0 Å². The van der Waals surface area contributed by atoms with Gasteiger partial charge in [-0.3, -0.25) is 4.79 Å². The number of esters is 1. The van der Waals surface area contributed by atoms with Crippen molar-refractivity contribution in [3.05, 3.63) is 29.1 Å². The second kappa shape index (κ2) is 22.7. The lowest BCUT2D eigenvalue weighted by Crippen LogP contribution is -2.19. The van der Waals surface area contributed by atoms with Gasteiger partial charge in [0.25, 0.3) is 0 Å². The van der Waals surface area contributed by atoms with Crippen molar-refractivity contribution in [3.63, 3.8) is 0 Å². The molecule has 0 aliphatic rings. The van der Waals surface area contributed by atoms with Gasteiger partial charge in [-0.25, -0.2) is 13.2 Å². The first kappa shape index (κ1) is 36.0. The molecule has 232 valence electrons. The van der Waals surface area contributed by atoms with Crippen LogP contribution < -0.4 is 4.74 Å². The molecule has 40 heavy (non-hydrogen) atoms. The van der Waals surface area contributed by atoms with Crippen molar-refractivity contribution in [3.8, 4) is 5.75 Å². The Labute approximate surface area is 230 Å². The van der Waals surface area contributed by atoms with Gasteiger partial charge in [-0.1, -0.05) is 0 Å². The predicted molar refractivity (Wildman–Crippen MR) is 131 cm³/mol. The molecule has 1 rings (SSSR count). The van der Waals surface area contributed by atoms with Crippen molar-refractivity contribution in [2.24, 2.45) is 0 Å². The van der Waals surface area contributed by atoms with Gasteiger partial charge in [0.15, 0.2) is 0 Å². The van der Waals surface area contributed by atoms with Crippen LogP contribution in [0.1, 0.15) is 6.42 Å². The molecule has 0 saturated heterocycles. The Kier molecular flexibility index (Phi) is 20.4. The van der Waals surface area contributed by atoms with E-state index in [9.17, 15) is 26.7 Å². The van der Waals surface area contributed by atoms with E-state index in [1.165, 1.54) is 0 Å². The number of likely N-dealkylation sites (N-methyl/N-ethyl adjacent to an activating group) is 1. The van der Waals surface area contributed by atoms with E-state index in [2.05, 4.69) is 4.74 Å². The highest BCUT2D eigenvalue weighted by Gasteiger charge is 2.28. The highest BCUT2D eigenvalue weighted by molar-refractivity contribution is 5.72. The molecule has 0 amide bonds. The van der Waals surface area contributed by atoms with Crippen LogP contribution in [0.4, 0.5) is 22.0 Å². The summed E-state index contributed by atoms with van der Waals surface area (Å²) in [4.78, 5) is 13.6. The summed E-state index contributed by atoms with van der Waals surface area (Å²) < 4.78 is 108. The number of carbonyl (C=O) groups is 1. The van der Waals surface area contributed by atoms with Gasteiger partial charge >= 0.3 is 5.97 Å². The Bertz CT molecular complexity index is 807. The van der Waals surface area contributed by atoms with Crippen LogP contribution in [0.3, 0.4) is 0 Å². The molecule has 0 fully saturated rings. The van der Waals surface area contributed by atoms with Crippen molar-refractivity contribution >= 4 is 5.97 Å². The first-order valence-electron chi connectivity index (χ1n) is 12.7. The zero-order valence-corrected chi connectivity index (χ0v) is 22.8. The summed E-state index contributed by atoms with van der Waals surface area (Å²) in [5.74, 6) is -14.1. The predicted octanol–water partition coefficient (Wildman–Crippen LogP) is 2.36. The zero-order valence-electron chi connectivity index (χ0n) is 22.8. The van der Waals surface area contributed by atoms with Crippen molar-refractivity contribution in [1.82, 2.24) is 4.90 Å². The molecule has 1 aromatic rings. The zero-order chi connectivity index (χ0) is 29.6. The van der Waals surface area contributed by atoms with Crippen LogP contribution in [0.2, 0.25) is 0 Å². The van der Waals surface area contributed by atoms with Gasteiger partial charge in [0.05, 0.1) is 98.9 Å². The molecule has 0 aliphatic heterocycles. The van der Waals surface area contributed by atoms with Crippen LogP contribution in [-0.4, -0.2) is 124 Å². The molecule has 0 unspecified atom stereocenters. The van der Waals surface area contributed by atoms with Crippen LogP contribution in [0, 0.1) is 29.1 Å². The average Bonchev–Trinajstić information content (AvgIpc) is 2.93. The lowest BCUT2D eigenvalue weighted by atomic mass is 10.2. The van der Waals surface area contributed by atoms with E-state index in [1.807, 2.05) is 19.0 Å². The van der Waals surface area contributed by atoms with Crippen LogP contribution in [-0.2, 0) is 38.0 Å². The highest BCUT2D eigenvalue weighted by atomic mass is 19.2. The number of halogens is 5. The van der Waals surface area contributed by atoms with E-state index in [1.54, 1.807) is 0 Å². The molecule has 0 atom stereocenters.